The van der Waals surface area contributed by atoms with Crippen LogP contribution in [0.4, 0.5) is 15.8 Å². The van der Waals surface area contributed by atoms with Crippen molar-refractivity contribution in [2.75, 3.05) is 10.2 Å². The maximum Gasteiger partial charge on any atom is 0.338 e. The molecule has 1 saturated heterocycles. The van der Waals surface area contributed by atoms with Gasteiger partial charge in [-0.05, 0) is 43.3 Å². The number of amides is 3. The first-order chi connectivity index (χ1) is 13.4. The lowest BCUT2D eigenvalue weighted by Gasteiger charge is -2.15. The lowest BCUT2D eigenvalue weighted by molar-refractivity contribution is -0.124. The zero-order valence-electron chi connectivity index (χ0n) is 15.0. The number of nitrogens with zero attached hydrogens (tertiary/aromatic N) is 1. The van der Waals surface area contributed by atoms with Crippen molar-refractivity contribution in [1.82, 2.24) is 0 Å². The molecule has 28 heavy (non-hydrogen) atoms. The highest BCUT2D eigenvalue weighted by Crippen LogP contribution is 2.23. The quantitative estimate of drug-likeness (QED) is 0.632. The second-order valence-corrected chi connectivity index (χ2v) is 6.19. The van der Waals surface area contributed by atoms with E-state index in [0.717, 1.165) is 4.90 Å². The Kier molecular flexibility index (Phi) is 5.49. The number of halogens is 1. The maximum absolute atomic E-state index is 13.6. The van der Waals surface area contributed by atoms with E-state index in [1.54, 1.807) is 6.07 Å². The van der Waals surface area contributed by atoms with Crippen LogP contribution < -0.4 is 10.2 Å². The normalized spacial score (nSPS) is 14.7. The fraction of sp³-hybridized carbons (Fsp3) is 0.200. The Balaban J connectivity index is 1.62. The van der Waals surface area contributed by atoms with E-state index in [0.29, 0.717) is 5.69 Å². The van der Waals surface area contributed by atoms with Crippen LogP contribution in [-0.4, -0.2) is 29.8 Å². The number of benzene rings is 2. The lowest BCUT2D eigenvalue weighted by atomic mass is 10.2. The molecule has 0 aliphatic carbocycles. The minimum Gasteiger partial charge on any atom is -0.449 e. The summed E-state index contributed by atoms with van der Waals surface area (Å²) < 4.78 is 18.7. The third kappa shape index (κ3) is 4.06. The van der Waals surface area contributed by atoms with Crippen LogP contribution in [0, 0.1) is 5.82 Å². The summed E-state index contributed by atoms with van der Waals surface area (Å²) in [5.74, 6) is -2.63. The molecule has 0 radical (unpaired) electrons. The van der Waals surface area contributed by atoms with Gasteiger partial charge in [-0.2, -0.15) is 0 Å². The summed E-state index contributed by atoms with van der Waals surface area (Å²) >= 11 is 0. The first-order valence-corrected chi connectivity index (χ1v) is 8.59. The molecule has 1 heterocycles. The first kappa shape index (κ1) is 19.2. The summed E-state index contributed by atoms with van der Waals surface area (Å²) in [6, 6.07) is 11.4. The standard InChI is InChI=1S/C20H17FN2O5/c1-12(19(26)22-16-5-3-2-4-15(16)21)28-20(27)13-6-8-14(9-7-13)23-17(24)10-11-18(23)25/h2-9,12H,10-11H2,1H3,(H,22,26)/t12-/m1/s1. The second kappa shape index (κ2) is 7.99. The van der Waals surface area contributed by atoms with Gasteiger partial charge >= 0.3 is 5.97 Å². The monoisotopic (exact) mass is 384 g/mol. The van der Waals surface area contributed by atoms with Gasteiger partial charge < -0.3 is 10.1 Å². The highest BCUT2D eigenvalue weighted by atomic mass is 19.1. The fourth-order valence-electron chi connectivity index (χ4n) is 2.69. The van der Waals surface area contributed by atoms with Crippen molar-refractivity contribution in [2.45, 2.75) is 25.9 Å². The maximum atomic E-state index is 13.6. The smallest absolute Gasteiger partial charge is 0.338 e. The molecule has 1 aliphatic heterocycles. The van der Waals surface area contributed by atoms with Gasteiger partial charge in [0.15, 0.2) is 6.10 Å². The first-order valence-electron chi connectivity index (χ1n) is 8.59. The highest BCUT2D eigenvalue weighted by Gasteiger charge is 2.30. The van der Waals surface area contributed by atoms with Crippen LogP contribution >= 0.6 is 0 Å². The number of nitrogens with one attached hydrogen (secondary N) is 1. The number of carbonyl (C=O) groups is 4. The van der Waals surface area contributed by atoms with Crippen LogP contribution in [0.1, 0.15) is 30.1 Å². The fourth-order valence-corrected chi connectivity index (χ4v) is 2.69. The molecule has 3 amide bonds. The van der Waals surface area contributed by atoms with Crippen LogP contribution in [0.2, 0.25) is 0 Å². The van der Waals surface area contributed by atoms with E-state index in [1.165, 1.54) is 49.4 Å². The van der Waals surface area contributed by atoms with E-state index < -0.39 is 23.8 Å². The third-order valence-corrected chi connectivity index (χ3v) is 4.20. The van der Waals surface area contributed by atoms with Gasteiger partial charge in [-0.25, -0.2) is 9.18 Å². The molecule has 1 aliphatic rings. The minimum absolute atomic E-state index is 0.0142. The number of imide groups is 1. The van der Waals surface area contributed by atoms with Crippen LogP contribution in [0.3, 0.4) is 0 Å². The largest absolute Gasteiger partial charge is 0.449 e. The Morgan fingerprint density at radius 2 is 1.64 bits per heavy atom. The molecular formula is C20H17FN2O5. The molecule has 144 valence electrons. The van der Waals surface area contributed by atoms with E-state index in [-0.39, 0.29) is 35.9 Å². The zero-order chi connectivity index (χ0) is 20.3. The van der Waals surface area contributed by atoms with Gasteiger partial charge in [0.2, 0.25) is 11.8 Å². The molecule has 8 heteroatoms. The number of anilines is 2. The average Bonchev–Trinajstić information content (AvgIpc) is 3.02. The Labute approximate surface area is 160 Å². The van der Waals surface area contributed by atoms with Gasteiger partial charge in [-0.15, -0.1) is 0 Å². The summed E-state index contributed by atoms with van der Waals surface area (Å²) in [7, 11) is 0. The summed E-state index contributed by atoms with van der Waals surface area (Å²) in [5.41, 5.74) is 0.502. The number of hydrogen-bond donors (Lipinski definition) is 1. The van der Waals surface area contributed by atoms with E-state index in [1.807, 2.05) is 0 Å². The molecule has 1 N–H and O–H groups in total. The van der Waals surface area contributed by atoms with Crippen molar-refractivity contribution < 1.29 is 28.3 Å². The molecular weight excluding hydrogens is 367 g/mol. The highest BCUT2D eigenvalue weighted by molar-refractivity contribution is 6.19. The average molecular weight is 384 g/mol. The van der Waals surface area contributed by atoms with Gasteiger partial charge in [0.25, 0.3) is 5.91 Å². The number of hydrogen-bond acceptors (Lipinski definition) is 5. The number of esters is 1. The molecule has 2 aromatic rings. The molecule has 0 bridgehead atoms. The van der Waals surface area contributed by atoms with Crippen molar-refractivity contribution in [2.24, 2.45) is 0 Å². The lowest BCUT2D eigenvalue weighted by Crippen LogP contribution is -2.30. The summed E-state index contributed by atoms with van der Waals surface area (Å²) in [6.07, 6.45) is -0.831. The Morgan fingerprint density at radius 3 is 2.25 bits per heavy atom. The van der Waals surface area contributed by atoms with Gasteiger partial charge in [0, 0.05) is 12.8 Å². The molecule has 0 aromatic heterocycles. The van der Waals surface area contributed by atoms with Crippen LogP contribution in [0.25, 0.3) is 0 Å². The van der Waals surface area contributed by atoms with Gasteiger partial charge in [0.05, 0.1) is 16.9 Å². The van der Waals surface area contributed by atoms with Crippen molar-refractivity contribution in [3.8, 4) is 0 Å². The van der Waals surface area contributed by atoms with Gasteiger partial charge in [-0.3, -0.25) is 19.3 Å². The van der Waals surface area contributed by atoms with Crippen molar-refractivity contribution in [3.05, 3.63) is 59.9 Å². The van der Waals surface area contributed by atoms with E-state index in [2.05, 4.69) is 5.32 Å². The Morgan fingerprint density at radius 1 is 1.04 bits per heavy atom. The topological polar surface area (TPSA) is 92.8 Å². The van der Waals surface area contributed by atoms with Gasteiger partial charge in [0.1, 0.15) is 5.82 Å². The van der Waals surface area contributed by atoms with E-state index >= 15 is 0 Å². The Bertz CT molecular complexity index is 926. The van der Waals surface area contributed by atoms with E-state index in [9.17, 15) is 23.6 Å². The van der Waals surface area contributed by atoms with Crippen LogP contribution in [0.5, 0.6) is 0 Å². The number of carbonyl (C=O) groups excluding carboxylic acids is 4. The molecule has 7 nitrogen and oxygen atoms in total. The van der Waals surface area contributed by atoms with Crippen LogP contribution in [-0.2, 0) is 19.1 Å². The SMILES string of the molecule is C[C@@H](OC(=O)c1ccc(N2C(=O)CCC2=O)cc1)C(=O)Nc1ccccc1F. The minimum atomic E-state index is -1.16. The molecule has 1 fully saturated rings. The van der Waals surface area contributed by atoms with Gasteiger partial charge in [-0.1, -0.05) is 12.1 Å². The van der Waals surface area contributed by atoms with Crippen molar-refractivity contribution in [3.63, 3.8) is 0 Å². The summed E-state index contributed by atoms with van der Waals surface area (Å²) in [4.78, 5) is 48.9. The molecule has 0 saturated carbocycles. The predicted octanol–water partition coefficient (Wildman–Crippen LogP) is 2.66. The van der Waals surface area contributed by atoms with Crippen molar-refractivity contribution in [1.29, 1.82) is 0 Å². The number of ether oxygens (including phenoxy) is 1. The number of para-hydroxylation sites is 1. The van der Waals surface area contributed by atoms with Crippen molar-refractivity contribution >= 4 is 35.1 Å². The van der Waals surface area contributed by atoms with Crippen LogP contribution in [0.15, 0.2) is 48.5 Å². The molecule has 3 rings (SSSR count). The second-order valence-electron chi connectivity index (χ2n) is 6.19. The number of rotatable bonds is 5. The Hall–Kier alpha value is -3.55. The molecule has 0 spiro atoms. The molecule has 2 aromatic carbocycles. The molecule has 1 atom stereocenters. The summed E-state index contributed by atoms with van der Waals surface area (Å²) in [6.45, 7) is 1.37. The summed E-state index contributed by atoms with van der Waals surface area (Å²) in [5, 5.41) is 2.35. The van der Waals surface area contributed by atoms with E-state index in [4.69, 9.17) is 4.74 Å². The third-order valence-electron chi connectivity index (χ3n) is 4.20. The molecule has 0 unspecified atom stereocenters. The predicted molar refractivity (Wildman–Crippen MR) is 98.1 cm³/mol. The zero-order valence-corrected chi connectivity index (χ0v) is 15.0.